The van der Waals surface area contributed by atoms with E-state index in [0.717, 1.165) is 19.3 Å². The molecule has 1 aromatic carbocycles. The number of benzene rings is 1. The number of ether oxygens (including phenoxy) is 2. The van der Waals surface area contributed by atoms with Gasteiger partial charge in [0.15, 0.2) is 11.5 Å². The summed E-state index contributed by atoms with van der Waals surface area (Å²) in [7, 11) is 1.54. The van der Waals surface area contributed by atoms with Gasteiger partial charge in [-0.1, -0.05) is 39.0 Å². The molecule has 0 radical (unpaired) electrons. The first-order valence-electron chi connectivity index (χ1n) is 9.54. The van der Waals surface area contributed by atoms with Crippen LogP contribution >= 0.6 is 0 Å². The Bertz CT molecular complexity index is 597. The standard InChI is InChI=1S/C20H30N2O4/c1-3-4-13-26-17-11-10-16(14-18(17)25-2)20(24)22-21-19(23)12-9-15-7-5-6-8-15/h10-11,14-15H,3-9,12-13H2,1-2H3,(H,21,23)(H,22,24). The van der Waals surface area contributed by atoms with Crippen LogP contribution in [0.3, 0.4) is 0 Å². The van der Waals surface area contributed by atoms with Crippen molar-refractivity contribution in [3.63, 3.8) is 0 Å². The van der Waals surface area contributed by atoms with Gasteiger partial charge in [0.1, 0.15) is 0 Å². The van der Waals surface area contributed by atoms with Gasteiger partial charge in [-0.2, -0.15) is 0 Å². The van der Waals surface area contributed by atoms with Crippen molar-refractivity contribution in [3.8, 4) is 11.5 Å². The van der Waals surface area contributed by atoms with Gasteiger partial charge in [0, 0.05) is 12.0 Å². The highest BCUT2D eigenvalue weighted by atomic mass is 16.5. The Kier molecular flexibility index (Phi) is 8.25. The summed E-state index contributed by atoms with van der Waals surface area (Å²) in [5.41, 5.74) is 5.35. The molecule has 1 aliphatic carbocycles. The number of hydrazine groups is 1. The number of hydrogen-bond donors (Lipinski definition) is 2. The minimum atomic E-state index is -0.377. The molecule has 0 saturated heterocycles. The number of rotatable bonds is 9. The van der Waals surface area contributed by atoms with Crippen LogP contribution in [0.15, 0.2) is 18.2 Å². The molecular weight excluding hydrogens is 332 g/mol. The van der Waals surface area contributed by atoms with Crippen molar-refractivity contribution in [2.45, 2.75) is 58.3 Å². The van der Waals surface area contributed by atoms with E-state index in [2.05, 4.69) is 17.8 Å². The first-order chi connectivity index (χ1) is 12.6. The van der Waals surface area contributed by atoms with E-state index < -0.39 is 0 Å². The van der Waals surface area contributed by atoms with Crippen LogP contribution in [0.4, 0.5) is 0 Å². The molecule has 1 saturated carbocycles. The van der Waals surface area contributed by atoms with Crippen molar-refractivity contribution >= 4 is 11.8 Å². The molecule has 1 fully saturated rings. The zero-order chi connectivity index (χ0) is 18.8. The molecule has 1 aromatic rings. The molecule has 6 nitrogen and oxygen atoms in total. The Morgan fingerprint density at radius 2 is 1.92 bits per heavy atom. The van der Waals surface area contributed by atoms with E-state index in [1.54, 1.807) is 18.2 Å². The number of carbonyl (C=O) groups excluding carboxylic acids is 2. The van der Waals surface area contributed by atoms with E-state index >= 15 is 0 Å². The largest absolute Gasteiger partial charge is 0.493 e. The first-order valence-corrected chi connectivity index (χ1v) is 9.54. The Balaban J connectivity index is 1.81. The van der Waals surface area contributed by atoms with E-state index in [9.17, 15) is 9.59 Å². The van der Waals surface area contributed by atoms with E-state index in [1.807, 2.05) is 0 Å². The summed E-state index contributed by atoms with van der Waals surface area (Å²) in [6.45, 7) is 2.70. The van der Waals surface area contributed by atoms with Gasteiger partial charge in [0.05, 0.1) is 13.7 Å². The molecule has 0 aliphatic heterocycles. The van der Waals surface area contributed by atoms with Crippen LogP contribution < -0.4 is 20.3 Å². The molecule has 0 atom stereocenters. The number of carbonyl (C=O) groups is 2. The highest BCUT2D eigenvalue weighted by molar-refractivity contribution is 5.96. The maximum Gasteiger partial charge on any atom is 0.269 e. The second-order valence-electron chi connectivity index (χ2n) is 6.76. The van der Waals surface area contributed by atoms with Crippen molar-refractivity contribution in [1.82, 2.24) is 10.9 Å². The van der Waals surface area contributed by atoms with Crippen LogP contribution in [0.2, 0.25) is 0 Å². The lowest BCUT2D eigenvalue weighted by atomic mass is 10.0. The van der Waals surface area contributed by atoms with E-state index in [1.165, 1.54) is 32.8 Å². The average molecular weight is 362 g/mol. The van der Waals surface area contributed by atoms with E-state index in [0.29, 0.717) is 36.0 Å². The van der Waals surface area contributed by atoms with Gasteiger partial charge < -0.3 is 9.47 Å². The van der Waals surface area contributed by atoms with Gasteiger partial charge in [-0.05, 0) is 37.0 Å². The molecule has 0 unspecified atom stereocenters. The lowest BCUT2D eigenvalue weighted by Crippen LogP contribution is -2.41. The molecule has 26 heavy (non-hydrogen) atoms. The number of unbranched alkanes of at least 4 members (excludes halogenated alkanes) is 1. The van der Waals surface area contributed by atoms with Crippen molar-refractivity contribution in [3.05, 3.63) is 23.8 Å². The minimum Gasteiger partial charge on any atom is -0.493 e. The predicted octanol–water partition coefficient (Wildman–Crippen LogP) is 3.61. The van der Waals surface area contributed by atoms with Crippen molar-refractivity contribution in [1.29, 1.82) is 0 Å². The second kappa shape index (κ2) is 10.7. The molecule has 1 aliphatic rings. The van der Waals surface area contributed by atoms with Crippen molar-refractivity contribution < 1.29 is 19.1 Å². The number of methoxy groups -OCH3 is 1. The fourth-order valence-corrected chi connectivity index (χ4v) is 3.15. The highest BCUT2D eigenvalue weighted by Crippen LogP contribution is 2.29. The number of nitrogens with one attached hydrogen (secondary N) is 2. The monoisotopic (exact) mass is 362 g/mol. The predicted molar refractivity (Wildman–Crippen MR) is 100 cm³/mol. The van der Waals surface area contributed by atoms with Gasteiger partial charge in [0.2, 0.25) is 5.91 Å². The summed E-state index contributed by atoms with van der Waals surface area (Å²) in [6, 6.07) is 4.98. The summed E-state index contributed by atoms with van der Waals surface area (Å²) < 4.78 is 11.0. The van der Waals surface area contributed by atoms with Gasteiger partial charge in [-0.25, -0.2) is 0 Å². The normalized spacial score (nSPS) is 14.1. The van der Waals surface area contributed by atoms with Crippen LogP contribution in [-0.4, -0.2) is 25.5 Å². The number of hydrogen-bond acceptors (Lipinski definition) is 4. The van der Waals surface area contributed by atoms with Crippen molar-refractivity contribution in [2.75, 3.05) is 13.7 Å². The Morgan fingerprint density at radius 3 is 2.62 bits per heavy atom. The third-order valence-corrected chi connectivity index (χ3v) is 4.75. The summed E-state index contributed by atoms with van der Waals surface area (Å²) >= 11 is 0. The molecule has 2 rings (SSSR count). The van der Waals surface area contributed by atoms with Gasteiger partial charge in [-0.3, -0.25) is 20.4 Å². The Labute approximate surface area is 155 Å². The maximum absolute atomic E-state index is 12.2. The summed E-state index contributed by atoms with van der Waals surface area (Å²) in [5, 5.41) is 0. The van der Waals surface area contributed by atoms with E-state index in [-0.39, 0.29) is 11.8 Å². The molecule has 0 aromatic heterocycles. The lowest BCUT2D eigenvalue weighted by Gasteiger charge is -2.13. The molecule has 0 spiro atoms. The van der Waals surface area contributed by atoms with Gasteiger partial charge in [-0.15, -0.1) is 0 Å². The summed E-state index contributed by atoms with van der Waals surface area (Å²) in [5.74, 6) is 1.23. The molecule has 144 valence electrons. The zero-order valence-corrected chi connectivity index (χ0v) is 15.8. The Morgan fingerprint density at radius 1 is 1.15 bits per heavy atom. The summed E-state index contributed by atoms with van der Waals surface area (Å²) in [4.78, 5) is 24.1. The first kappa shape index (κ1) is 20.1. The summed E-state index contributed by atoms with van der Waals surface area (Å²) in [6.07, 6.45) is 8.30. The topological polar surface area (TPSA) is 76.7 Å². The van der Waals surface area contributed by atoms with Crippen LogP contribution in [0.5, 0.6) is 11.5 Å². The zero-order valence-electron chi connectivity index (χ0n) is 15.8. The smallest absolute Gasteiger partial charge is 0.269 e. The minimum absolute atomic E-state index is 0.156. The fourth-order valence-electron chi connectivity index (χ4n) is 3.15. The highest BCUT2D eigenvalue weighted by Gasteiger charge is 2.17. The lowest BCUT2D eigenvalue weighted by molar-refractivity contribution is -0.122. The van der Waals surface area contributed by atoms with E-state index in [4.69, 9.17) is 9.47 Å². The van der Waals surface area contributed by atoms with Crippen LogP contribution in [0, 0.1) is 5.92 Å². The van der Waals surface area contributed by atoms with Crippen LogP contribution in [-0.2, 0) is 4.79 Å². The molecule has 0 heterocycles. The second-order valence-corrected chi connectivity index (χ2v) is 6.76. The molecule has 2 amide bonds. The molecule has 6 heteroatoms. The quantitative estimate of drug-likeness (QED) is 0.520. The van der Waals surface area contributed by atoms with Gasteiger partial charge in [0.25, 0.3) is 5.91 Å². The fraction of sp³-hybridized carbons (Fsp3) is 0.600. The maximum atomic E-state index is 12.2. The third-order valence-electron chi connectivity index (χ3n) is 4.75. The van der Waals surface area contributed by atoms with Crippen LogP contribution in [0.1, 0.15) is 68.6 Å². The number of amides is 2. The molecule has 2 N–H and O–H groups in total. The third kappa shape index (κ3) is 6.24. The average Bonchev–Trinajstić information content (AvgIpc) is 3.18. The van der Waals surface area contributed by atoms with Gasteiger partial charge >= 0.3 is 0 Å². The van der Waals surface area contributed by atoms with Crippen LogP contribution in [0.25, 0.3) is 0 Å². The van der Waals surface area contributed by atoms with Crippen molar-refractivity contribution in [2.24, 2.45) is 5.92 Å². The molecule has 0 bridgehead atoms. The molecular formula is C20H30N2O4. The SMILES string of the molecule is CCCCOc1ccc(C(=O)NNC(=O)CCC2CCCC2)cc1OC. The Hall–Kier alpha value is -2.24.